The zero-order valence-electron chi connectivity index (χ0n) is 9.81. The van der Waals surface area contributed by atoms with E-state index in [0.29, 0.717) is 12.0 Å². The number of carboxylic acid groups (broad SMARTS) is 1. The molecule has 0 spiro atoms. The molecule has 0 aromatic heterocycles. The standard InChI is InChI=1S/C14H15NO2/c1-2-3-9-12(13(10-15)14(16)17)11-7-5-4-6-8-11/h4-8H,2-3,9H2,1H3,(H,16,17). The minimum absolute atomic E-state index is 0.148. The molecule has 0 aliphatic rings. The van der Waals surface area contributed by atoms with Crippen molar-refractivity contribution in [3.8, 4) is 6.07 Å². The maximum absolute atomic E-state index is 11.0. The van der Waals surface area contributed by atoms with Gasteiger partial charge in [-0.05, 0) is 24.0 Å². The summed E-state index contributed by atoms with van der Waals surface area (Å²) in [5, 5.41) is 18.0. The van der Waals surface area contributed by atoms with Gasteiger partial charge in [-0.1, -0.05) is 43.7 Å². The third-order valence-electron chi connectivity index (χ3n) is 2.53. The summed E-state index contributed by atoms with van der Waals surface area (Å²) in [7, 11) is 0. The highest BCUT2D eigenvalue weighted by molar-refractivity contribution is 6.00. The molecular formula is C14H15NO2. The predicted molar refractivity (Wildman–Crippen MR) is 66.1 cm³/mol. The molecule has 0 fully saturated rings. The Morgan fingerprint density at radius 3 is 2.47 bits per heavy atom. The van der Waals surface area contributed by atoms with Crippen molar-refractivity contribution < 1.29 is 9.90 Å². The number of benzene rings is 1. The second kappa shape index (κ2) is 6.49. The van der Waals surface area contributed by atoms with E-state index in [1.165, 1.54) is 0 Å². The third kappa shape index (κ3) is 3.46. The smallest absolute Gasteiger partial charge is 0.346 e. The summed E-state index contributed by atoms with van der Waals surface area (Å²) in [6.07, 6.45) is 2.47. The molecule has 17 heavy (non-hydrogen) atoms. The number of carboxylic acids is 1. The molecule has 0 unspecified atom stereocenters. The molecule has 1 rings (SSSR count). The number of nitrogens with zero attached hydrogens (tertiary/aromatic N) is 1. The first-order chi connectivity index (χ1) is 8.20. The number of rotatable bonds is 5. The van der Waals surface area contributed by atoms with Crippen LogP contribution in [0.5, 0.6) is 0 Å². The molecule has 0 heterocycles. The van der Waals surface area contributed by atoms with Gasteiger partial charge in [0.05, 0.1) is 0 Å². The monoisotopic (exact) mass is 229 g/mol. The van der Waals surface area contributed by atoms with E-state index in [9.17, 15) is 4.79 Å². The second-order valence-electron chi connectivity index (χ2n) is 3.74. The van der Waals surface area contributed by atoms with Crippen molar-refractivity contribution in [3.05, 3.63) is 41.5 Å². The summed E-state index contributed by atoms with van der Waals surface area (Å²) >= 11 is 0. The molecule has 0 bridgehead atoms. The zero-order valence-corrected chi connectivity index (χ0v) is 9.81. The van der Waals surface area contributed by atoms with Crippen LogP contribution in [0.2, 0.25) is 0 Å². The molecule has 1 aromatic carbocycles. The van der Waals surface area contributed by atoms with E-state index in [0.717, 1.165) is 18.4 Å². The van der Waals surface area contributed by atoms with E-state index < -0.39 is 5.97 Å². The van der Waals surface area contributed by atoms with Gasteiger partial charge in [0.25, 0.3) is 0 Å². The molecule has 88 valence electrons. The lowest BCUT2D eigenvalue weighted by Crippen LogP contribution is -2.02. The number of hydrogen-bond acceptors (Lipinski definition) is 2. The molecule has 0 aliphatic heterocycles. The summed E-state index contributed by atoms with van der Waals surface area (Å²) < 4.78 is 0. The first kappa shape index (κ1) is 13.0. The average molecular weight is 229 g/mol. The average Bonchev–Trinajstić information content (AvgIpc) is 2.35. The molecule has 0 saturated carbocycles. The fourth-order valence-corrected chi connectivity index (χ4v) is 1.65. The van der Waals surface area contributed by atoms with Crippen LogP contribution in [0.1, 0.15) is 31.7 Å². The van der Waals surface area contributed by atoms with Crippen LogP contribution < -0.4 is 0 Å². The third-order valence-corrected chi connectivity index (χ3v) is 2.53. The summed E-state index contributed by atoms with van der Waals surface area (Å²) in [6, 6.07) is 11.0. The second-order valence-corrected chi connectivity index (χ2v) is 3.74. The maximum Gasteiger partial charge on any atom is 0.346 e. The quantitative estimate of drug-likeness (QED) is 0.622. The van der Waals surface area contributed by atoms with Crippen molar-refractivity contribution in [3.63, 3.8) is 0 Å². The largest absolute Gasteiger partial charge is 0.477 e. The van der Waals surface area contributed by atoms with Crippen LogP contribution in [0.3, 0.4) is 0 Å². The Balaban J connectivity index is 3.21. The first-order valence-electron chi connectivity index (χ1n) is 5.62. The fraction of sp³-hybridized carbons (Fsp3) is 0.286. The van der Waals surface area contributed by atoms with Gasteiger partial charge >= 0.3 is 5.97 Å². The van der Waals surface area contributed by atoms with E-state index in [2.05, 4.69) is 0 Å². The van der Waals surface area contributed by atoms with Crippen molar-refractivity contribution >= 4 is 11.5 Å². The van der Waals surface area contributed by atoms with Crippen molar-refractivity contribution in [2.24, 2.45) is 0 Å². The van der Waals surface area contributed by atoms with E-state index >= 15 is 0 Å². The van der Waals surface area contributed by atoms with E-state index in [4.69, 9.17) is 10.4 Å². The minimum Gasteiger partial charge on any atom is -0.477 e. The summed E-state index contributed by atoms with van der Waals surface area (Å²) in [4.78, 5) is 11.0. The van der Waals surface area contributed by atoms with Crippen LogP contribution in [0.4, 0.5) is 0 Å². The normalized spacial score (nSPS) is 11.5. The molecule has 3 nitrogen and oxygen atoms in total. The van der Waals surface area contributed by atoms with Gasteiger partial charge in [-0.3, -0.25) is 0 Å². The lowest BCUT2D eigenvalue weighted by atomic mass is 9.95. The molecule has 3 heteroatoms. The molecule has 0 atom stereocenters. The Morgan fingerprint density at radius 1 is 1.35 bits per heavy atom. The van der Waals surface area contributed by atoms with Gasteiger partial charge in [0, 0.05) is 0 Å². The van der Waals surface area contributed by atoms with Crippen molar-refractivity contribution in [1.82, 2.24) is 0 Å². The van der Waals surface area contributed by atoms with E-state index in [1.807, 2.05) is 37.3 Å². The summed E-state index contributed by atoms with van der Waals surface area (Å²) in [5.41, 5.74) is 1.30. The minimum atomic E-state index is -1.15. The molecule has 0 saturated heterocycles. The SMILES string of the molecule is CCCCC(=C(C#N)C(=O)O)c1ccccc1. The number of hydrogen-bond donors (Lipinski definition) is 1. The number of nitriles is 1. The van der Waals surface area contributed by atoms with Crippen LogP contribution in [0, 0.1) is 11.3 Å². The number of allylic oxidation sites excluding steroid dienone is 1. The van der Waals surface area contributed by atoms with Crippen LogP contribution in [0.25, 0.3) is 5.57 Å². The Hall–Kier alpha value is -2.08. The van der Waals surface area contributed by atoms with Crippen LogP contribution in [-0.2, 0) is 4.79 Å². The Labute approximate surface area is 101 Å². The molecule has 0 radical (unpaired) electrons. The summed E-state index contributed by atoms with van der Waals surface area (Å²) in [5.74, 6) is -1.15. The molecule has 0 aliphatic carbocycles. The topological polar surface area (TPSA) is 61.1 Å². The highest BCUT2D eigenvalue weighted by atomic mass is 16.4. The van der Waals surface area contributed by atoms with E-state index in [1.54, 1.807) is 6.07 Å². The first-order valence-corrected chi connectivity index (χ1v) is 5.62. The van der Waals surface area contributed by atoms with Crippen LogP contribution >= 0.6 is 0 Å². The lowest BCUT2D eigenvalue weighted by molar-refractivity contribution is -0.132. The van der Waals surface area contributed by atoms with Gasteiger partial charge < -0.3 is 5.11 Å². The van der Waals surface area contributed by atoms with Gasteiger partial charge in [-0.2, -0.15) is 5.26 Å². The highest BCUT2D eigenvalue weighted by Crippen LogP contribution is 2.24. The maximum atomic E-state index is 11.0. The zero-order chi connectivity index (χ0) is 12.7. The lowest BCUT2D eigenvalue weighted by Gasteiger charge is -2.08. The van der Waals surface area contributed by atoms with Crippen LogP contribution in [0.15, 0.2) is 35.9 Å². The highest BCUT2D eigenvalue weighted by Gasteiger charge is 2.14. The van der Waals surface area contributed by atoms with Crippen molar-refractivity contribution in [2.75, 3.05) is 0 Å². The number of unbranched alkanes of at least 4 members (excludes halogenated alkanes) is 1. The van der Waals surface area contributed by atoms with Gasteiger partial charge in [0.1, 0.15) is 11.6 Å². The predicted octanol–water partition coefficient (Wildman–Crippen LogP) is 3.24. The van der Waals surface area contributed by atoms with Crippen molar-refractivity contribution in [2.45, 2.75) is 26.2 Å². The van der Waals surface area contributed by atoms with Gasteiger partial charge in [0.2, 0.25) is 0 Å². The number of aliphatic carboxylic acids is 1. The Bertz CT molecular complexity index is 455. The van der Waals surface area contributed by atoms with Gasteiger partial charge in [-0.25, -0.2) is 4.79 Å². The van der Waals surface area contributed by atoms with E-state index in [-0.39, 0.29) is 5.57 Å². The molecular weight excluding hydrogens is 214 g/mol. The Morgan fingerprint density at radius 2 is 2.00 bits per heavy atom. The fourth-order valence-electron chi connectivity index (χ4n) is 1.65. The van der Waals surface area contributed by atoms with Gasteiger partial charge in [-0.15, -0.1) is 0 Å². The molecule has 1 N–H and O–H groups in total. The van der Waals surface area contributed by atoms with Crippen LogP contribution in [-0.4, -0.2) is 11.1 Å². The summed E-state index contributed by atoms with van der Waals surface area (Å²) in [6.45, 7) is 2.04. The molecule has 0 amide bonds. The van der Waals surface area contributed by atoms with Gasteiger partial charge in [0.15, 0.2) is 0 Å². The van der Waals surface area contributed by atoms with Crippen molar-refractivity contribution in [1.29, 1.82) is 5.26 Å². The number of carbonyl (C=O) groups is 1. The molecule has 1 aromatic rings. The Kier molecular flexibility index (Phi) is 4.96.